The van der Waals surface area contributed by atoms with Crippen LogP contribution in [-0.2, 0) is 19.4 Å². The van der Waals surface area contributed by atoms with E-state index in [0.717, 1.165) is 25.2 Å². The molecule has 0 saturated heterocycles. The Morgan fingerprint density at radius 2 is 2.32 bits per heavy atom. The van der Waals surface area contributed by atoms with Crippen molar-refractivity contribution in [3.63, 3.8) is 0 Å². The van der Waals surface area contributed by atoms with Gasteiger partial charge in [0, 0.05) is 19.2 Å². The first-order valence-electron chi connectivity index (χ1n) is 6.18. The van der Waals surface area contributed by atoms with Crippen LogP contribution in [0.15, 0.2) is 40.0 Å². The Hall–Kier alpha value is -1.62. The largest absolute Gasteiger partial charge is 0.493 e. The summed E-state index contributed by atoms with van der Waals surface area (Å²) in [6, 6.07) is 6.24. The molecule has 3 rings (SSSR count). The molecule has 0 atom stereocenters. The van der Waals surface area contributed by atoms with Gasteiger partial charge in [0.15, 0.2) is 0 Å². The van der Waals surface area contributed by atoms with E-state index in [-0.39, 0.29) is 5.56 Å². The maximum Gasteiger partial charge on any atom is 0.267 e. The number of benzene rings is 1. The minimum Gasteiger partial charge on any atom is -0.493 e. The van der Waals surface area contributed by atoms with Crippen molar-refractivity contribution in [2.75, 3.05) is 6.61 Å². The van der Waals surface area contributed by atoms with Crippen LogP contribution in [0.5, 0.6) is 5.75 Å². The van der Waals surface area contributed by atoms with Gasteiger partial charge in [0.2, 0.25) is 0 Å². The molecule has 0 fully saturated rings. The molecule has 0 bridgehead atoms. The van der Waals surface area contributed by atoms with Crippen LogP contribution in [0.1, 0.15) is 11.1 Å². The molecule has 0 radical (unpaired) electrons. The third kappa shape index (κ3) is 2.56. The van der Waals surface area contributed by atoms with E-state index in [2.05, 4.69) is 33.0 Å². The van der Waals surface area contributed by atoms with Crippen molar-refractivity contribution in [2.45, 2.75) is 19.4 Å². The topological polar surface area (TPSA) is 44.1 Å². The Labute approximate surface area is 119 Å². The number of hydrogen-bond acceptors (Lipinski definition) is 3. The van der Waals surface area contributed by atoms with Gasteiger partial charge in [-0.2, -0.15) is 0 Å². The number of halogens is 1. The van der Waals surface area contributed by atoms with E-state index in [0.29, 0.717) is 11.0 Å². The minimum atomic E-state index is -0.0421. The lowest BCUT2D eigenvalue weighted by molar-refractivity contribution is 0.357. The van der Waals surface area contributed by atoms with Gasteiger partial charge >= 0.3 is 0 Å². The van der Waals surface area contributed by atoms with Gasteiger partial charge in [-0.1, -0.05) is 12.1 Å². The first-order chi connectivity index (χ1) is 9.24. The SMILES string of the molecule is O=c1c(Br)cncn1CCc1ccc2c(c1)CCO2. The second kappa shape index (κ2) is 5.17. The molecular weight excluding hydrogens is 308 g/mol. The predicted octanol–water partition coefficient (Wildman–Crippen LogP) is 2.18. The fourth-order valence-electron chi connectivity index (χ4n) is 2.23. The van der Waals surface area contributed by atoms with E-state index >= 15 is 0 Å². The monoisotopic (exact) mass is 320 g/mol. The summed E-state index contributed by atoms with van der Waals surface area (Å²) in [5.74, 6) is 0.991. The zero-order chi connectivity index (χ0) is 13.2. The third-order valence-corrected chi connectivity index (χ3v) is 3.80. The lowest BCUT2D eigenvalue weighted by Gasteiger charge is -2.06. The van der Waals surface area contributed by atoms with Crippen LogP contribution in [0.4, 0.5) is 0 Å². The Morgan fingerprint density at radius 1 is 1.42 bits per heavy atom. The van der Waals surface area contributed by atoms with Crippen LogP contribution in [-0.4, -0.2) is 16.2 Å². The van der Waals surface area contributed by atoms with E-state index in [1.165, 1.54) is 17.3 Å². The van der Waals surface area contributed by atoms with Crippen molar-refractivity contribution in [3.05, 3.63) is 56.7 Å². The van der Waals surface area contributed by atoms with Crippen LogP contribution in [0.25, 0.3) is 0 Å². The standard InChI is InChI=1S/C14H13BrN2O2/c15-12-8-16-9-17(14(12)18)5-3-10-1-2-13-11(7-10)4-6-19-13/h1-2,7-9H,3-6H2. The number of hydrogen-bond donors (Lipinski definition) is 0. The number of nitrogens with zero attached hydrogens (tertiary/aromatic N) is 2. The summed E-state index contributed by atoms with van der Waals surface area (Å²) in [6.07, 6.45) is 4.88. The van der Waals surface area contributed by atoms with E-state index in [4.69, 9.17) is 4.74 Å². The molecule has 1 aliphatic rings. The van der Waals surface area contributed by atoms with Crippen LogP contribution in [0, 0.1) is 0 Å². The normalized spacial score (nSPS) is 13.1. The molecule has 0 unspecified atom stereocenters. The van der Waals surface area contributed by atoms with E-state index in [1.807, 2.05) is 6.07 Å². The van der Waals surface area contributed by atoms with Crippen molar-refractivity contribution < 1.29 is 4.74 Å². The van der Waals surface area contributed by atoms with Crippen molar-refractivity contribution >= 4 is 15.9 Å². The lowest BCUT2D eigenvalue weighted by atomic mass is 10.1. The number of aromatic nitrogens is 2. The summed E-state index contributed by atoms with van der Waals surface area (Å²) in [5, 5.41) is 0. The van der Waals surface area contributed by atoms with E-state index < -0.39 is 0 Å². The Bertz CT molecular complexity index is 667. The smallest absolute Gasteiger partial charge is 0.267 e. The summed E-state index contributed by atoms with van der Waals surface area (Å²) in [7, 11) is 0. The van der Waals surface area contributed by atoms with E-state index in [1.54, 1.807) is 10.9 Å². The summed E-state index contributed by atoms with van der Waals surface area (Å²) in [5.41, 5.74) is 2.44. The predicted molar refractivity (Wildman–Crippen MR) is 75.5 cm³/mol. The van der Waals surface area contributed by atoms with E-state index in [9.17, 15) is 4.79 Å². The fourth-order valence-corrected chi connectivity index (χ4v) is 2.57. The highest BCUT2D eigenvalue weighted by atomic mass is 79.9. The Balaban J connectivity index is 1.76. The molecule has 2 aromatic rings. The van der Waals surface area contributed by atoms with Gasteiger partial charge < -0.3 is 4.74 Å². The Kier molecular flexibility index (Phi) is 3.38. The zero-order valence-corrected chi connectivity index (χ0v) is 11.9. The summed E-state index contributed by atoms with van der Waals surface area (Å²) < 4.78 is 7.60. The maximum absolute atomic E-state index is 11.8. The quantitative estimate of drug-likeness (QED) is 0.870. The van der Waals surface area contributed by atoms with Gasteiger partial charge in [-0.3, -0.25) is 9.36 Å². The number of aryl methyl sites for hydroxylation is 2. The van der Waals surface area contributed by atoms with Gasteiger partial charge in [0.25, 0.3) is 5.56 Å². The van der Waals surface area contributed by atoms with Crippen molar-refractivity contribution in [3.8, 4) is 5.75 Å². The first kappa shape index (κ1) is 12.4. The number of ether oxygens (including phenoxy) is 1. The summed E-state index contributed by atoms with van der Waals surface area (Å²) >= 11 is 3.20. The Morgan fingerprint density at radius 3 is 3.21 bits per heavy atom. The molecule has 1 aromatic heterocycles. The highest BCUT2D eigenvalue weighted by molar-refractivity contribution is 9.10. The van der Waals surface area contributed by atoms with Crippen molar-refractivity contribution in [2.24, 2.45) is 0 Å². The van der Waals surface area contributed by atoms with Crippen molar-refractivity contribution in [1.29, 1.82) is 0 Å². The molecule has 19 heavy (non-hydrogen) atoms. The molecule has 1 aliphatic heterocycles. The van der Waals surface area contributed by atoms with Gasteiger partial charge in [0.1, 0.15) is 10.2 Å². The molecular formula is C14H13BrN2O2. The van der Waals surface area contributed by atoms with Crippen LogP contribution in [0.2, 0.25) is 0 Å². The maximum atomic E-state index is 11.8. The van der Waals surface area contributed by atoms with Gasteiger partial charge in [-0.05, 0) is 39.5 Å². The average molecular weight is 321 g/mol. The fraction of sp³-hybridized carbons (Fsp3) is 0.286. The molecule has 0 N–H and O–H groups in total. The molecule has 1 aromatic carbocycles. The number of fused-ring (bicyclic) bond motifs is 1. The van der Waals surface area contributed by atoms with Crippen LogP contribution in [0.3, 0.4) is 0 Å². The summed E-state index contributed by atoms with van der Waals surface area (Å²) in [4.78, 5) is 15.8. The molecule has 2 heterocycles. The van der Waals surface area contributed by atoms with Gasteiger partial charge in [-0.15, -0.1) is 0 Å². The van der Waals surface area contributed by atoms with Gasteiger partial charge in [0.05, 0.1) is 12.9 Å². The highest BCUT2D eigenvalue weighted by Crippen LogP contribution is 2.26. The molecule has 4 nitrogen and oxygen atoms in total. The molecule has 98 valence electrons. The molecule has 0 amide bonds. The van der Waals surface area contributed by atoms with Crippen LogP contribution < -0.4 is 10.3 Å². The van der Waals surface area contributed by atoms with Gasteiger partial charge in [-0.25, -0.2) is 4.98 Å². The summed E-state index contributed by atoms with van der Waals surface area (Å²) in [6.45, 7) is 1.40. The van der Waals surface area contributed by atoms with Crippen LogP contribution >= 0.6 is 15.9 Å². The molecule has 0 spiro atoms. The van der Waals surface area contributed by atoms with Crippen molar-refractivity contribution in [1.82, 2.24) is 9.55 Å². The molecule has 0 saturated carbocycles. The first-order valence-corrected chi connectivity index (χ1v) is 6.98. The highest BCUT2D eigenvalue weighted by Gasteiger charge is 2.12. The third-order valence-electron chi connectivity index (χ3n) is 3.25. The second-order valence-corrected chi connectivity index (χ2v) is 5.38. The second-order valence-electron chi connectivity index (χ2n) is 4.53. The molecule has 5 heteroatoms. The molecule has 0 aliphatic carbocycles. The number of rotatable bonds is 3. The minimum absolute atomic E-state index is 0.0421. The lowest BCUT2D eigenvalue weighted by Crippen LogP contribution is -2.21. The zero-order valence-electron chi connectivity index (χ0n) is 10.3. The average Bonchev–Trinajstić information content (AvgIpc) is 2.88.